The Bertz CT molecular complexity index is 739. The molecule has 0 atom stereocenters. The van der Waals surface area contributed by atoms with Crippen molar-refractivity contribution in [2.24, 2.45) is 5.73 Å². The molecule has 2 aromatic carbocycles. The van der Waals surface area contributed by atoms with Crippen LogP contribution >= 0.6 is 0 Å². The lowest BCUT2D eigenvalue weighted by atomic mass is 9.98. The number of nitrogens with two attached hydrogens (primary N) is 1. The highest BCUT2D eigenvalue weighted by Gasteiger charge is 2.34. The van der Waals surface area contributed by atoms with Crippen molar-refractivity contribution >= 4 is 11.8 Å². The van der Waals surface area contributed by atoms with Crippen LogP contribution in [0.1, 0.15) is 23.2 Å². The van der Waals surface area contributed by atoms with Gasteiger partial charge in [-0.25, -0.2) is 4.39 Å². The second-order valence-electron chi connectivity index (χ2n) is 5.68. The van der Waals surface area contributed by atoms with Gasteiger partial charge in [0.15, 0.2) is 0 Å². The van der Waals surface area contributed by atoms with Crippen molar-refractivity contribution in [2.45, 2.75) is 18.9 Å². The van der Waals surface area contributed by atoms with Crippen molar-refractivity contribution < 1.29 is 14.0 Å². The first-order chi connectivity index (χ1) is 11.1. The summed E-state index contributed by atoms with van der Waals surface area (Å²) in [6.07, 6.45) is 1.77. The third kappa shape index (κ3) is 3.39. The summed E-state index contributed by atoms with van der Waals surface area (Å²) >= 11 is 0. The Morgan fingerprint density at radius 3 is 2.35 bits per heavy atom. The lowest BCUT2D eigenvalue weighted by molar-refractivity contribution is -0.118. The molecule has 1 aliphatic rings. The van der Waals surface area contributed by atoms with Gasteiger partial charge in [-0.3, -0.25) is 9.59 Å². The van der Waals surface area contributed by atoms with Crippen LogP contribution in [0.25, 0.3) is 11.1 Å². The summed E-state index contributed by atoms with van der Waals surface area (Å²) in [5.41, 5.74) is 7.23. The Balaban J connectivity index is 1.97. The Morgan fingerprint density at radius 2 is 1.74 bits per heavy atom. The first-order valence-electron chi connectivity index (χ1n) is 7.50. The highest BCUT2D eigenvalue weighted by Crippen LogP contribution is 2.31. The highest BCUT2D eigenvalue weighted by atomic mass is 19.1. The van der Waals surface area contributed by atoms with Crippen molar-refractivity contribution in [3.05, 3.63) is 59.9 Å². The predicted octanol–water partition coefficient (Wildman–Crippen LogP) is 2.58. The lowest BCUT2D eigenvalue weighted by Gasteiger charge is -2.22. The number of primary amides is 1. The number of nitrogens with zero attached hydrogens (tertiary/aromatic N) is 1. The zero-order valence-electron chi connectivity index (χ0n) is 12.5. The number of hydrogen-bond acceptors (Lipinski definition) is 2. The molecule has 3 rings (SSSR count). The van der Waals surface area contributed by atoms with E-state index in [0.717, 1.165) is 18.4 Å². The Morgan fingerprint density at radius 1 is 1.09 bits per heavy atom. The van der Waals surface area contributed by atoms with E-state index in [2.05, 4.69) is 0 Å². The molecule has 4 nitrogen and oxygen atoms in total. The number of halogens is 1. The van der Waals surface area contributed by atoms with E-state index in [1.54, 1.807) is 24.3 Å². The molecule has 2 amide bonds. The van der Waals surface area contributed by atoms with Crippen LogP contribution in [0.15, 0.2) is 48.5 Å². The van der Waals surface area contributed by atoms with E-state index in [1.807, 2.05) is 12.1 Å². The molecule has 118 valence electrons. The van der Waals surface area contributed by atoms with Gasteiger partial charge in [-0.15, -0.1) is 0 Å². The van der Waals surface area contributed by atoms with Crippen LogP contribution in [0.5, 0.6) is 0 Å². The summed E-state index contributed by atoms with van der Waals surface area (Å²) in [5, 5.41) is 0. The van der Waals surface area contributed by atoms with Crippen LogP contribution in [0.4, 0.5) is 4.39 Å². The monoisotopic (exact) mass is 312 g/mol. The summed E-state index contributed by atoms with van der Waals surface area (Å²) in [6.45, 7) is -0.0821. The Hall–Kier alpha value is -2.69. The first kappa shape index (κ1) is 15.2. The summed E-state index contributed by atoms with van der Waals surface area (Å²) in [6, 6.07) is 13.2. The van der Waals surface area contributed by atoms with E-state index in [4.69, 9.17) is 5.73 Å². The fraction of sp³-hybridized carbons (Fsp3) is 0.222. The zero-order valence-corrected chi connectivity index (χ0v) is 12.5. The quantitative estimate of drug-likeness (QED) is 0.922. The van der Waals surface area contributed by atoms with Crippen LogP contribution in [0, 0.1) is 5.82 Å². The molecule has 0 saturated heterocycles. The highest BCUT2D eigenvalue weighted by molar-refractivity contribution is 6.02. The number of benzene rings is 2. The van der Waals surface area contributed by atoms with E-state index in [9.17, 15) is 14.0 Å². The molecular weight excluding hydrogens is 295 g/mol. The number of rotatable bonds is 5. The zero-order chi connectivity index (χ0) is 16.4. The van der Waals surface area contributed by atoms with Crippen LogP contribution < -0.4 is 5.73 Å². The van der Waals surface area contributed by atoms with Gasteiger partial charge in [-0.05, 0) is 42.2 Å². The van der Waals surface area contributed by atoms with Gasteiger partial charge in [0.2, 0.25) is 5.91 Å². The summed E-state index contributed by atoms with van der Waals surface area (Å²) < 4.78 is 13.1. The average Bonchev–Trinajstić information content (AvgIpc) is 3.37. The minimum absolute atomic E-state index is 0.0799. The molecule has 0 radical (unpaired) electrons. The molecule has 0 unspecified atom stereocenters. The second kappa shape index (κ2) is 6.20. The van der Waals surface area contributed by atoms with Gasteiger partial charge in [0.1, 0.15) is 5.82 Å². The van der Waals surface area contributed by atoms with E-state index in [1.165, 1.54) is 17.0 Å². The first-order valence-corrected chi connectivity index (χ1v) is 7.50. The van der Waals surface area contributed by atoms with Crippen LogP contribution in [0.2, 0.25) is 0 Å². The molecule has 2 aromatic rings. The Kier molecular flexibility index (Phi) is 4.10. The Labute approximate surface area is 133 Å². The van der Waals surface area contributed by atoms with Crippen molar-refractivity contribution in [3.63, 3.8) is 0 Å². The lowest BCUT2D eigenvalue weighted by Crippen LogP contribution is -2.40. The van der Waals surface area contributed by atoms with Crippen LogP contribution in [-0.2, 0) is 4.79 Å². The summed E-state index contributed by atoms with van der Waals surface area (Å²) in [5.74, 6) is -1.07. The van der Waals surface area contributed by atoms with Gasteiger partial charge in [-0.1, -0.05) is 30.3 Å². The van der Waals surface area contributed by atoms with Crippen molar-refractivity contribution in [3.8, 4) is 11.1 Å². The smallest absolute Gasteiger partial charge is 0.255 e. The molecule has 0 spiro atoms. The maximum absolute atomic E-state index is 13.1. The molecule has 0 bridgehead atoms. The van der Waals surface area contributed by atoms with Crippen molar-refractivity contribution in [2.75, 3.05) is 6.54 Å². The second-order valence-corrected chi connectivity index (χ2v) is 5.68. The number of carbonyl (C=O) groups excluding carboxylic acids is 2. The van der Waals surface area contributed by atoms with Gasteiger partial charge >= 0.3 is 0 Å². The third-order valence-corrected chi connectivity index (χ3v) is 3.89. The fourth-order valence-electron chi connectivity index (χ4n) is 2.63. The molecule has 1 aliphatic carbocycles. The van der Waals surface area contributed by atoms with Crippen LogP contribution in [-0.4, -0.2) is 29.3 Å². The minimum Gasteiger partial charge on any atom is -0.368 e. The molecule has 23 heavy (non-hydrogen) atoms. The summed E-state index contributed by atoms with van der Waals surface area (Å²) in [7, 11) is 0. The third-order valence-electron chi connectivity index (χ3n) is 3.89. The van der Waals surface area contributed by atoms with E-state index >= 15 is 0 Å². The average molecular weight is 312 g/mol. The summed E-state index contributed by atoms with van der Waals surface area (Å²) in [4.78, 5) is 25.7. The van der Waals surface area contributed by atoms with Gasteiger partial charge in [-0.2, -0.15) is 0 Å². The number of amides is 2. The van der Waals surface area contributed by atoms with Gasteiger partial charge in [0.25, 0.3) is 5.91 Å². The van der Waals surface area contributed by atoms with E-state index < -0.39 is 5.91 Å². The number of hydrogen-bond donors (Lipinski definition) is 1. The molecule has 0 aliphatic heterocycles. The predicted molar refractivity (Wildman–Crippen MR) is 85.1 cm³/mol. The standard InChI is InChI=1S/C18H17FN2O2/c19-13-7-5-12(6-8-13)15-3-1-2-4-16(15)18(23)21(11-17(20)22)14-9-10-14/h1-8,14H,9-11H2,(H2,20,22). The molecular formula is C18H17FN2O2. The van der Waals surface area contributed by atoms with Crippen molar-refractivity contribution in [1.29, 1.82) is 0 Å². The number of carbonyl (C=O) groups is 2. The maximum Gasteiger partial charge on any atom is 0.255 e. The fourth-order valence-corrected chi connectivity index (χ4v) is 2.63. The van der Waals surface area contributed by atoms with Gasteiger partial charge in [0, 0.05) is 11.6 Å². The molecule has 0 heterocycles. The topological polar surface area (TPSA) is 63.4 Å². The minimum atomic E-state index is -0.524. The molecule has 1 saturated carbocycles. The van der Waals surface area contributed by atoms with Crippen molar-refractivity contribution in [1.82, 2.24) is 4.90 Å². The molecule has 5 heteroatoms. The van der Waals surface area contributed by atoms with E-state index in [-0.39, 0.29) is 24.3 Å². The van der Waals surface area contributed by atoms with Gasteiger partial charge < -0.3 is 10.6 Å². The molecule has 2 N–H and O–H groups in total. The molecule has 0 aromatic heterocycles. The normalized spacial score (nSPS) is 13.6. The molecule has 1 fully saturated rings. The van der Waals surface area contributed by atoms with Gasteiger partial charge in [0.05, 0.1) is 6.54 Å². The van der Waals surface area contributed by atoms with E-state index in [0.29, 0.717) is 11.1 Å². The largest absolute Gasteiger partial charge is 0.368 e. The SMILES string of the molecule is NC(=O)CN(C(=O)c1ccccc1-c1ccc(F)cc1)C1CC1. The van der Waals surface area contributed by atoms with Crippen LogP contribution in [0.3, 0.4) is 0 Å². The maximum atomic E-state index is 13.1.